The molecule has 0 spiro atoms. The standard InChI is InChI=1S/C21H27N3/c1-13-9-8-10-15-17(13)24-14(2)16-18(23-12-11-22-16)21(24,7)20(5,6)19(15,3)4/h8-12,14H,1-7H3/t14-,21?/m0/s1. The number of hydrogen-bond donors (Lipinski definition) is 0. The van der Waals surface area contributed by atoms with Crippen LogP contribution in [0.5, 0.6) is 0 Å². The zero-order valence-electron chi connectivity index (χ0n) is 15.8. The van der Waals surface area contributed by atoms with Crippen LogP contribution >= 0.6 is 0 Å². The molecular formula is C21H27N3. The second-order valence-electron chi connectivity index (χ2n) is 8.63. The highest BCUT2D eigenvalue weighted by Gasteiger charge is 2.65. The Morgan fingerprint density at radius 3 is 2.38 bits per heavy atom. The first-order valence-electron chi connectivity index (χ1n) is 8.86. The Labute approximate surface area is 145 Å². The lowest BCUT2D eigenvalue weighted by Gasteiger charge is -2.61. The molecule has 2 atom stereocenters. The van der Waals surface area contributed by atoms with E-state index in [-0.39, 0.29) is 22.4 Å². The van der Waals surface area contributed by atoms with Gasteiger partial charge in [0, 0.05) is 23.5 Å². The molecule has 2 aliphatic heterocycles. The van der Waals surface area contributed by atoms with Crippen molar-refractivity contribution in [3.63, 3.8) is 0 Å². The SMILES string of the molecule is Cc1cccc2c1N1[C@@H](C)c3nccnc3C1(C)C(C)(C)C2(C)C. The second kappa shape index (κ2) is 4.38. The summed E-state index contributed by atoms with van der Waals surface area (Å²) in [4.78, 5) is 12.1. The first-order valence-corrected chi connectivity index (χ1v) is 8.86. The quantitative estimate of drug-likeness (QED) is 0.691. The molecule has 126 valence electrons. The minimum Gasteiger partial charge on any atom is -0.351 e. The van der Waals surface area contributed by atoms with Crippen molar-refractivity contribution in [1.82, 2.24) is 9.97 Å². The van der Waals surface area contributed by atoms with Gasteiger partial charge in [0.1, 0.15) is 0 Å². The van der Waals surface area contributed by atoms with Gasteiger partial charge in [-0.05, 0) is 37.3 Å². The van der Waals surface area contributed by atoms with E-state index in [1.165, 1.54) is 16.8 Å². The summed E-state index contributed by atoms with van der Waals surface area (Å²) >= 11 is 0. The average Bonchev–Trinajstić information content (AvgIpc) is 2.77. The molecular weight excluding hydrogens is 294 g/mol. The maximum Gasteiger partial charge on any atom is 0.0899 e. The number of hydrogen-bond acceptors (Lipinski definition) is 3. The van der Waals surface area contributed by atoms with Crippen molar-refractivity contribution in [3.05, 3.63) is 53.1 Å². The van der Waals surface area contributed by atoms with Crippen molar-refractivity contribution in [2.45, 2.75) is 65.5 Å². The van der Waals surface area contributed by atoms with Crippen molar-refractivity contribution < 1.29 is 0 Å². The summed E-state index contributed by atoms with van der Waals surface area (Å²) < 4.78 is 0. The highest BCUT2D eigenvalue weighted by molar-refractivity contribution is 5.71. The lowest BCUT2D eigenvalue weighted by atomic mass is 9.52. The largest absolute Gasteiger partial charge is 0.351 e. The van der Waals surface area contributed by atoms with E-state index in [9.17, 15) is 0 Å². The van der Waals surface area contributed by atoms with E-state index >= 15 is 0 Å². The molecule has 0 saturated heterocycles. The predicted molar refractivity (Wildman–Crippen MR) is 98.3 cm³/mol. The maximum absolute atomic E-state index is 4.83. The molecule has 0 N–H and O–H groups in total. The van der Waals surface area contributed by atoms with Crippen LogP contribution in [-0.4, -0.2) is 9.97 Å². The fraction of sp³-hybridized carbons (Fsp3) is 0.524. The van der Waals surface area contributed by atoms with Gasteiger partial charge < -0.3 is 4.90 Å². The van der Waals surface area contributed by atoms with Crippen LogP contribution in [0.2, 0.25) is 0 Å². The Morgan fingerprint density at radius 2 is 1.67 bits per heavy atom. The van der Waals surface area contributed by atoms with E-state index in [2.05, 4.69) is 71.6 Å². The van der Waals surface area contributed by atoms with E-state index in [0.29, 0.717) is 0 Å². The third-order valence-corrected chi connectivity index (χ3v) is 7.38. The number of nitrogens with zero attached hydrogens (tertiary/aromatic N) is 3. The fourth-order valence-electron chi connectivity index (χ4n) is 5.10. The molecule has 0 amide bonds. The first kappa shape index (κ1) is 15.6. The normalized spacial score (nSPS) is 29.0. The van der Waals surface area contributed by atoms with Gasteiger partial charge in [-0.1, -0.05) is 45.9 Å². The van der Waals surface area contributed by atoms with Crippen LogP contribution in [0.3, 0.4) is 0 Å². The third kappa shape index (κ3) is 1.45. The summed E-state index contributed by atoms with van der Waals surface area (Å²) in [5.41, 5.74) is 6.25. The highest BCUT2D eigenvalue weighted by Crippen LogP contribution is 2.66. The van der Waals surface area contributed by atoms with Crippen molar-refractivity contribution in [2.24, 2.45) is 5.41 Å². The van der Waals surface area contributed by atoms with Crippen LogP contribution in [0, 0.1) is 12.3 Å². The van der Waals surface area contributed by atoms with Gasteiger partial charge in [0.2, 0.25) is 0 Å². The van der Waals surface area contributed by atoms with E-state index in [1.54, 1.807) is 0 Å². The fourth-order valence-corrected chi connectivity index (χ4v) is 5.10. The number of benzene rings is 1. The van der Waals surface area contributed by atoms with Crippen molar-refractivity contribution in [1.29, 1.82) is 0 Å². The summed E-state index contributed by atoms with van der Waals surface area (Å²) in [6.07, 6.45) is 3.67. The van der Waals surface area contributed by atoms with Gasteiger partial charge in [0.15, 0.2) is 0 Å². The van der Waals surface area contributed by atoms with Crippen molar-refractivity contribution in [2.75, 3.05) is 4.90 Å². The maximum atomic E-state index is 4.83. The molecule has 0 radical (unpaired) electrons. The van der Waals surface area contributed by atoms with Crippen LogP contribution in [0.15, 0.2) is 30.6 Å². The van der Waals surface area contributed by atoms with Gasteiger partial charge >= 0.3 is 0 Å². The van der Waals surface area contributed by atoms with Gasteiger partial charge in [0.05, 0.1) is 23.0 Å². The van der Waals surface area contributed by atoms with E-state index in [1.807, 2.05) is 12.4 Å². The summed E-state index contributed by atoms with van der Waals surface area (Å²) in [5.74, 6) is 0. The number of para-hydroxylation sites is 1. The Kier molecular flexibility index (Phi) is 2.85. The van der Waals surface area contributed by atoms with Gasteiger partial charge in [-0.3, -0.25) is 9.97 Å². The first-order chi connectivity index (χ1) is 11.2. The van der Waals surface area contributed by atoms with E-state index in [0.717, 1.165) is 11.4 Å². The van der Waals surface area contributed by atoms with Crippen LogP contribution in [0.25, 0.3) is 0 Å². The van der Waals surface area contributed by atoms with Gasteiger partial charge in [-0.25, -0.2) is 0 Å². The number of aryl methyl sites for hydroxylation is 1. The smallest absolute Gasteiger partial charge is 0.0899 e. The van der Waals surface area contributed by atoms with Gasteiger partial charge in [-0.2, -0.15) is 0 Å². The highest BCUT2D eigenvalue weighted by atomic mass is 15.3. The van der Waals surface area contributed by atoms with Crippen LogP contribution in [0.4, 0.5) is 5.69 Å². The summed E-state index contributed by atoms with van der Waals surface area (Å²) in [6.45, 7) is 16.4. The Hall–Kier alpha value is -1.90. The monoisotopic (exact) mass is 321 g/mol. The molecule has 2 aromatic rings. The van der Waals surface area contributed by atoms with Crippen molar-refractivity contribution in [3.8, 4) is 0 Å². The lowest BCUT2D eigenvalue weighted by Crippen LogP contribution is -2.62. The molecule has 3 heteroatoms. The third-order valence-electron chi connectivity index (χ3n) is 7.38. The molecule has 0 aliphatic carbocycles. The predicted octanol–water partition coefficient (Wildman–Crippen LogP) is 4.90. The molecule has 3 nitrogen and oxygen atoms in total. The van der Waals surface area contributed by atoms with E-state index < -0.39 is 0 Å². The van der Waals surface area contributed by atoms with Gasteiger partial charge in [-0.15, -0.1) is 0 Å². The number of rotatable bonds is 0. The van der Waals surface area contributed by atoms with E-state index in [4.69, 9.17) is 9.97 Å². The van der Waals surface area contributed by atoms with Crippen LogP contribution in [-0.2, 0) is 11.0 Å². The van der Waals surface area contributed by atoms with Gasteiger partial charge in [0.25, 0.3) is 0 Å². The lowest BCUT2D eigenvalue weighted by molar-refractivity contribution is 0.0626. The molecule has 0 fully saturated rings. The molecule has 24 heavy (non-hydrogen) atoms. The molecule has 3 heterocycles. The Morgan fingerprint density at radius 1 is 1.00 bits per heavy atom. The second-order valence-corrected chi connectivity index (χ2v) is 8.63. The number of aromatic nitrogens is 2. The summed E-state index contributed by atoms with van der Waals surface area (Å²) in [7, 11) is 0. The summed E-state index contributed by atoms with van der Waals surface area (Å²) in [6, 6.07) is 6.96. The average molecular weight is 321 g/mol. The minimum atomic E-state index is -0.182. The Balaban J connectivity index is 2.15. The van der Waals surface area contributed by atoms with Crippen molar-refractivity contribution >= 4 is 5.69 Å². The zero-order valence-corrected chi connectivity index (χ0v) is 15.8. The van der Waals surface area contributed by atoms with Crippen LogP contribution < -0.4 is 4.90 Å². The molecule has 1 aromatic heterocycles. The zero-order chi connectivity index (χ0) is 17.5. The molecule has 0 bridgehead atoms. The Bertz CT molecular complexity index is 837. The molecule has 0 saturated carbocycles. The number of fused-ring (bicyclic) bond motifs is 5. The molecule has 4 rings (SSSR count). The molecule has 1 aromatic carbocycles. The van der Waals surface area contributed by atoms with Crippen LogP contribution in [0.1, 0.15) is 70.1 Å². The molecule has 1 unspecified atom stereocenters. The minimum absolute atomic E-state index is 0.00363. The number of anilines is 1. The topological polar surface area (TPSA) is 29.0 Å². The summed E-state index contributed by atoms with van der Waals surface area (Å²) in [5, 5.41) is 0. The molecule has 2 aliphatic rings.